The summed E-state index contributed by atoms with van der Waals surface area (Å²) in [7, 11) is 0. The van der Waals surface area contributed by atoms with Crippen LogP contribution in [0.1, 0.15) is 21.7 Å². The van der Waals surface area contributed by atoms with Gasteiger partial charge in [-0.25, -0.2) is 31.5 Å². The molecule has 1 aromatic carbocycles. The molecule has 1 amide bonds. The monoisotopic (exact) mass is 356 g/mol. The molecule has 0 bridgehead atoms. The van der Waals surface area contributed by atoms with Gasteiger partial charge in [0.1, 0.15) is 11.3 Å². The summed E-state index contributed by atoms with van der Waals surface area (Å²) < 4.78 is 68.1. The smallest absolute Gasteiger partial charge is 0.261 e. The zero-order chi connectivity index (χ0) is 18.5. The van der Waals surface area contributed by atoms with Crippen molar-refractivity contribution >= 4 is 17.2 Å². The molecule has 3 aromatic rings. The number of halogens is 5. The molecule has 0 aliphatic carbocycles. The summed E-state index contributed by atoms with van der Waals surface area (Å²) in [5.41, 5.74) is -0.353. The van der Waals surface area contributed by atoms with Crippen molar-refractivity contribution in [3.8, 4) is 0 Å². The first-order valence-electron chi connectivity index (χ1n) is 6.87. The third-order valence-corrected chi connectivity index (χ3v) is 3.47. The maximum absolute atomic E-state index is 13.7. The van der Waals surface area contributed by atoms with Gasteiger partial charge in [0.25, 0.3) is 5.91 Å². The van der Waals surface area contributed by atoms with Crippen LogP contribution < -0.4 is 5.32 Å². The molecule has 0 aliphatic rings. The number of nitrogens with zero attached hydrogens (tertiary/aromatic N) is 3. The lowest BCUT2D eigenvalue weighted by atomic mass is 10.2. The van der Waals surface area contributed by atoms with Crippen molar-refractivity contribution < 1.29 is 26.7 Å². The second-order valence-electron chi connectivity index (χ2n) is 5.23. The minimum atomic E-state index is -2.31. The van der Waals surface area contributed by atoms with Crippen LogP contribution in [-0.2, 0) is 0 Å². The predicted molar refractivity (Wildman–Crippen MR) is 76.6 cm³/mol. The standard InChI is InChI=1S/C15H9F5N4O/c1-5-3-6(2)24-14(22-5)7(4-21-24)15(25)23-13-11(19)9(17)8(16)10(18)12(13)20/h3-4H,1-2H3,(H,23,25). The van der Waals surface area contributed by atoms with Crippen LogP contribution in [0.4, 0.5) is 27.6 Å². The summed E-state index contributed by atoms with van der Waals surface area (Å²) >= 11 is 0. The highest BCUT2D eigenvalue weighted by atomic mass is 19.2. The van der Waals surface area contributed by atoms with E-state index in [1.54, 1.807) is 25.2 Å². The number of carbonyl (C=O) groups is 1. The Hall–Kier alpha value is -3.04. The number of hydrogen-bond donors (Lipinski definition) is 1. The van der Waals surface area contributed by atoms with Crippen LogP contribution in [0.5, 0.6) is 0 Å². The van der Waals surface area contributed by atoms with Crippen molar-refractivity contribution in [2.45, 2.75) is 13.8 Å². The fourth-order valence-electron chi connectivity index (χ4n) is 2.33. The molecule has 3 rings (SSSR count). The summed E-state index contributed by atoms with van der Waals surface area (Å²) in [6.07, 6.45) is 1.08. The zero-order valence-electron chi connectivity index (χ0n) is 12.8. The van der Waals surface area contributed by atoms with Gasteiger partial charge in [-0.3, -0.25) is 4.79 Å². The van der Waals surface area contributed by atoms with Crippen LogP contribution in [0.2, 0.25) is 0 Å². The van der Waals surface area contributed by atoms with Crippen molar-refractivity contribution in [3.63, 3.8) is 0 Å². The lowest BCUT2D eigenvalue weighted by Crippen LogP contribution is -2.17. The van der Waals surface area contributed by atoms with Crippen molar-refractivity contribution in [2.24, 2.45) is 0 Å². The summed E-state index contributed by atoms with van der Waals surface area (Å²) in [4.78, 5) is 16.3. The minimum absolute atomic E-state index is 0.0823. The van der Waals surface area contributed by atoms with E-state index in [1.165, 1.54) is 4.52 Å². The Balaban J connectivity index is 2.08. The van der Waals surface area contributed by atoms with Crippen LogP contribution >= 0.6 is 0 Å². The number of rotatable bonds is 2. The SMILES string of the molecule is Cc1cc(C)n2ncc(C(=O)Nc3c(F)c(F)c(F)c(F)c3F)c2n1. The third-order valence-electron chi connectivity index (χ3n) is 3.47. The molecule has 0 unspecified atom stereocenters. The first-order valence-corrected chi connectivity index (χ1v) is 6.87. The van der Waals surface area contributed by atoms with Gasteiger partial charge >= 0.3 is 0 Å². The summed E-state index contributed by atoms with van der Waals surface area (Å²) in [5.74, 6) is -12.0. The topological polar surface area (TPSA) is 59.3 Å². The molecule has 25 heavy (non-hydrogen) atoms. The molecule has 2 heterocycles. The van der Waals surface area contributed by atoms with Crippen LogP contribution in [0, 0.1) is 42.9 Å². The Morgan fingerprint density at radius 1 is 1.00 bits per heavy atom. The lowest BCUT2D eigenvalue weighted by Gasteiger charge is -2.09. The molecule has 5 nitrogen and oxygen atoms in total. The maximum atomic E-state index is 13.7. The van der Waals surface area contributed by atoms with Gasteiger partial charge in [-0.1, -0.05) is 0 Å². The lowest BCUT2D eigenvalue weighted by molar-refractivity contribution is 0.102. The van der Waals surface area contributed by atoms with E-state index >= 15 is 0 Å². The normalized spacial score (nSPS) is 11.2. The molecule has 0 spiro atoms. The molecule has 1 N–H and O–H groups in total. The Labute approximate surface area is 137 Å². The van der Waals surface area contributed by atoms with Crippen LogP contribution in [0.25, 0.3) is 5.65 Å². The fourth-order valence-corrected chi connectivity index (χ4v) is 2.33. The molecule has 2 aromatic heterocycles. The van der Waals surface area contributed by atoms with Gasteiger partial charge in [0.2, 0.25) is 5.82 Å². The van der Waals surface area contributed by atoms with E-state index in [4.69, 9.17) is 0 Å². The molecule has 0 radical (unpaired) electrons. The Kier molecular flexibility index (Phi) is 3.90. The molecule has 0 aliphatic heterocycles. The number of nitrogens with one attached hydrogen (secondary N) is 1. The average Bonchev–Trinajstić information content (AvgIpc) is 2.99. The van der Waals surface area contributed by atoms with Crippen LogP contribution in [-0.4, -0.2) is 20.5 Å². The van der Waals surface area contributed by atoms with Crippen molar-refractivity contribution in [1.82, 2.24) is 14.6 Å². The molecule has 10 heteroatoms. The summed E-state index contributed by atoms with van der Waals surface area (Å²) in [6, 6.07) is 1.69. The molecule has 0 atom stereocenters. The van der Waals surface area contributed by atoms with Crippen molar-refractivity contribution in [3.05, 3.63) is 58.3 Å². The van der Waals surface area contributed by atoms with Gasteiger partial charge in [0.15, 0.2) is 28.9 Å². The second kappa shape index (κ2) is 5.80. The minimum Gasteiger partial charge on any atom is -0.317 e. The van der Waals surface area contributed by atoms with Gasteiger partial charge in [-0.2, -0.15) is 5.10 Å². The van der Waals surface area contributed by atoms with Crippen LogP contribution in [0.3, 0.4) is 0 Å². The van der Waals surface area contributed by atoms with Gasteiger partial charge in [-0.05, 0) is 19.9 Å². The molecule has 0 fully saturated rings. The number of aromatic nitrogens is 3. The Morgan fingerprint density at radius 3 is 2.16 bits per heavy atom. The van der Waals surface area contributed by atoms with Gasteiger partial charge in [0, 0.05) is 11.4 Å². The maximum Gasteiger partial charge on any atom is 0.261 e. The summed E-state index contributed by atoms with van der Waals surface area (Å²) in [5, 5.41) is 5.61. The Morgan fingerprint density at radius 2 is 1.56 bits per heavy atom. The van der Waals surface area contributed by atoms with E-state index in [0.717, 1.165) is 6.20 Å². The zero-order valence-corrected chi connectivity index (χ0v) is 12.8. The van der Waals surface area contributed by atoms with Crippen molar-refractivity contribution in [1.29, 1.82) is 0 Å². The molecular weight excluding hydrogens is 347 g/mol. The second-order valence-corrected chi connectivity index (χ2v) is 5.23. The van der Waals surface area contributed by atoms with Crippen molar-refractivity contribution in [2.75, 3.05) is 5.32 Å². The summed E-state index contributed by atoms with van der Waals surface area (Å²) in [6.45, 7) is 3.35. The predicted octanol–water partition coefficient (Wildman–Crippen LogP) is 3.29. The quantitative estimate of drug-likeness (QED) is 0.435. The van der Waals surface area contributed by atoms with E-state index in [1.807, 2.05) is 0 Å². The molecule has 0 saturated heterocycles. The van der Waals surface area contributed by atoms with E-state index in [9.17, 15) is 26.7 Å². The number of hydrogen-bond acceptors (Lipinski definition) is 3. The van der Waals surface area contributed by atoms with E-state index < -0.39 is 40.7 Å². The van der Waals surface area contributed by atoms with Gasteiger partial charge in [-0.15, -0.1) is 0 Å². The number of benzene rings is 1. The first kappa shape index (κ1) is 16.8. The number of aryl methyl sites for hydroxylation is 2. The highest BCUT2D eigenvalue weighted by Crippen LogP contribution is 2.27. The van der Waals surface area contributed by atoms with E-state index in [2.05, 4.69) is 10.1 Å². The van der Waals surface area contributed by atoms with Gasteiger partial charge in [0.05, 0.1) is 6.20 Å². The number of amides is 1. The molecular formula is C15H9F5N4O. The average molecular weight is 356 g/mol. The third kappa shape index (κ3) is 2.59. The van der Waals surface area contributed by atoms with E-state index in [-0.39, 0.29) is 11.2 Å². The van der Waals surface area contributed by atoms with Crippen LogP contribution in [0.15, 0.2) is 12.3 Å². The Bertz CT molecular complexity index is 1000. The van der Waals surface area contributed by atoms with Gasteiger partial charge < -0.3 is 5.32 Å². The highest BCUT2D eigenvalue weighted by molar-refractivity contribution is 6.08. The molecule has 130 valence electrons. The highest BCUT2D eigenvalue weighted by Gasteiger charge is 2.28. The number of carbonyl (C=O) groups excluding carboxylic acids is 1. The number of fused-ring (bicyclic) bond motifs is 1. The van der Waals surface area contributed by atoms with E-state index in [0.29, 0.717) is 11.4 Å². The number of anilines is 1. The fraction of sp³-hybridized carbons (Fsp3) is 0.133. The molecule has 0 saturated carbocycles. The largest absolute Gasteiger partial charge is 0.317 e. The first-order chi connectivity index (χ1) is 11.7.